The fourth-order valence-electron chi connectivity index (χ4n) is 4.25. The summed E-state index contributed by atoms with van der Waals surface area (Å²) in [4.78, 5) is 11.3. The Morgan fingerprint density at radius 2 is 2.00 bits per heavy atom. The first-order chi connectivity index (χ1) is 14.5. The van der Waals surface area contributed by atoms with E-state index in [1.165, 1.54) is 5.56 Å². The Morgan fingerprint density at radius 1 is 1.30 bits per heavy atom. The highest BCUT2D eigenvalue weighted by Crippen LogP contribution is 2.32. The van der Waals surface area contributed by atoms with Crippen molar-refractivity contribution in [2.75, 3.05) is 35.7 Å². The van der Waals surface area contributed by atoms with Crippen molar-refractivity contribution in [3.8, 4) is 0 Å². The number of H-pyrrole nitrogens is 1. The van der Waals surface area contributed by atoms with Crippen LogP contribution in [0.3, 0.4) is 0 Å². The van der Waals surface area contributed by atoms with Crippen molar-refractivity contribution >= 4 is 34.2 Å². The second-order valence-electron chi connectivity index (χ2n) is 8.50. The van der Waals surface area contributed by atoms with Crippen LogP contribution in [0.25, 0.3) is 0 Å². The molecule has 1 unspecified atom stereocenters. The lowest BCUT2D eigenvalue weighted by molar-refractivity contribution is -0.355. The second kappa shape index (κ2) is 9.20. The number of benzene rings is 1. The molecule has 6 nitrogen and oxygen atoms in total. The molecule has 3 heterocycles. The quantitative estimate of drug-likeness (QED) is 0.708. The van der Waals surface area contributed by atoms with E-state index < -0.39 is 10.8 Å². The maximum absolute atomic E-state index is 12.6. The number of rotatable bonds is 6. The summed E-state index contributed by atoms with van der Waals surface area (Å²) in [5, 5.41) is 13.9. The molecule has 8 heteroatoms. The van der Waals surface area contributed by atoms with Crippen LogP contribution in [-0.4, -0.2) is 45.8 Å². The molecule has 3 N–H and O–H groups in total. The Balaban J connectivity index is 1.54. The van der Waals surface area contributed by atoms with E-state index >= 15 is 0 Å². The lowest BCUT2D eigenvalue weighted by atomic mass is 9.89. The van der Waals surface area contributed by atoms with E-state index in [1.54, 1.807) is 0 Å². The molecule has 4 rings (SSSR count). The zero-order chi connectivity index (χ0) is 21.3. The van der Waals surface area contributed by atoms with E-state index in [2.05, 4.69) is 41.2 Å². The van der Waals surface area contributed by atoms with Crippen molar-refractivity contribution in [1.29, 1.82) is 0 Å². The highest BCUT2D eigenvalue weighted by molar-refractivity contribution is 7.85. The van der Waals surface area contributed by atoms with Gasteiger partial charge in [0.1, 0.15) is 10.6 Å². The summed E-state index contributed by atoms with van der Waals surface area (Å²) in [6.45, 7) is 5.97. The average Bonchev–Trinajstić information content (AvgIpc) is 3.13. The molecule has 1 aromatic carbocycles. The lowest BCUT2D eigenvalue weighted by Crippen LogP contribution is -2.40. The number of hydrogen-bond acceptors (Lipinski definition) is 5. The normalized spacial score (nSPS) is 20.4. The number of nitrogens with zero attached hydrogens (tertiary/aromatic N) is 2. The molecular formula is C22H30ClN4O2S+. The molecule has 30 heavy (non-hydrogen) atoms. The molecule has 0 amide bonds. The molecule has 2 aliphatic rings. The van der Waals surface area contributed by atoms with Gasteiger partial charge >= 0.3 is 5.95 Å². The Bertz CT molecular complexity index is 914. The SMILES string of the molecule is CC(C)[C@H](CO)Nc1[nH+]c(N2CCC(c3ccc(Cl)cc3)CC2)nc2c1S(=O)CC2. The van der Waals surface area contributed by atoms with Crippen molar-refractivity contribution in [1.82, 2.24) is 4.98 Å². The molecule has 2 aromatic rings. The summed E-state index contributed by atoms with van der Waals surface area (Å²) in [5.41, 5.74) is 2.25. The Labute approximate surface area is 185 Å². The fraction of sp³-hybridized carbons (Fsp3) is 0.545. The van der Waals surface area contributed by atoms with Crippen LogP contribution in [-0.2, 0) is 17.2 Å². The number of fused-ring (bicyclic) bond motifs is 1. The van der Waals surface area contributed by atoms with Gasteiger partial charge in [-0.3, -0.25) is 9.11 Å². The second-order valence-corrected chi connectivity index (χ2v) is 10.4. The monoisotopic (exact) mass is 449 g/mol. The predicted octanol–water partition coefficient (Wildman–Crippen LogP) is 3.03. The minimum Gasteiger partial charge on any atom is -0.393 e. The summed E-state index contributed by atoms with van der Waals surface area (Å²) in [7, 11) is -1.05. The maximum Gasteiger partial charge on any atom is 0.347 e. The van der Waals surface area contributed by atoms with Gasteiger partial charge in [-0.05, 0) is 42.4 Å². The highest BCUT2D eigenvalue weighted by atomic mass is 35.5. The third-order valence-electron chi connectivity index (χ3n) is 6.19. The summed E-state index contributed by atoms with van der Waals surface area (Å²) in [6, 6.07) is 8.07. The van der Waals surface area contributed by atoms with Crippen LogP contribution < -0.4 is 15.2 Å². The van der Waals surface area contributed by atoms with Crippen LogP contribution >= 0.6 is 11.6 Å². The molecule has 0 bridgehead atoms. The van der Waals surface area contributed by atoms with Crippen molar-refractivity contribution in [3.05, 3.63) is 40.5 Å². The zero-order valence-electron chi connectivity index (χ0n) is 17.5. The van der Waals surface area contributed by atoms with Gasteiger partial charge in [-0.25, -0.2) is 4.98 Å². The highest BCUT2D eigenvalue weighted by Gasteiger charge is 2.33. The van der Waals surface area contributed by atoms with Gasteiger partial charge in [0.25, 0.3) is 0 Å². The molecular weight excluding hydrogens is 420 g/mol. The topological polar surface area (TPSA) is 79.6 Å². The number of aromatic amines is 1. The zero-order valence-corrected chi connectivity index (χ0v) is 19.1. The number of hydrogen-bond donors (Lipinski definition) is 2. The van der Waals surface area contributed by atoms with Gasteiger partial charge in [0.05, 0.1) is 36.5 Å². The first kappa shape index (κ1) is 21.5. The van der Waals surface area contributed by atoms with Crippen LogP contribution in [0.1, 0.15) is 43.9 Å². The molecule has 0 spiro atoms. The van der Waals surface area contributed by atoms with Crippen LogP contribution in [0, 0.1) is 5.92 Å². The van der Waals surface area contributed by atoms with E-state index in [0.717, 1.165) is 59.7 Å². The van der Waals surface area contributed by atoms with Crippen LogP contribution in [0.15, 0.2) is 29.2 Å². The van der Waals surface area contributed by atoms with Gasteiger partial charge in [0.15, 0.2) is 0 Å². The van der Waals surface area contributed by atoms with Crippen LogP contribution in [0.2, 0.25) is 5.02 Å². The number of aryl methyl sites for hydroxylation is 1. The molecule has 1 fully saturated rings. The third kappa shape index (κ3) is 4.48. The van der Waals surface area contributed by atoms with Crippen LogP contribution in [0.4, 0.5) is 11.8 Å². The number of aliphatic hydroxyl groups excluding tert-OH is 1. The number of anilines is 2. The fourth-order valence-corrected chi connectivity index (χ4v) is 5.70. The first-order valence-corrected chi connectivity index (χ1v) is 12.4. The summed E-state index contributed by atoms with van der Waals surface area (Å²) in [6.07, 6.45) is 2.83. The number of aromatic nitrogens is 2. The van der Waals surface area contributed by atoms with Gasteiger partial charge in [-0.2, -0.15) is 0 Å². The van der Waals surface area contributed by atoms with E-state index in [-0.39, 0.29) is 18.6 Å². The van der Waals surface area contributed by atoms with Crippen molar-refractivity contribution < 1.29 is 14.3 Å². The standard InChI is InChI=1S/C22H29ClN4O2S/c1-14(2)19(13-28)24-21-20-18(9-12-30(20)29)25-22(26-21)27-10-7-16(8-11-27)15-3-5-17(23)6-4-15/h3-6,14,16,19,28H,7-13H2,1-2H3,(H,24,25,26)/p+1/t19-,30?/m0/s1. The average molecular weight is 450 g/mol. The van der Waals surface area contributed by atoms with Gasteiger partial charge < -0.3 is 10.4 Å². The Morgan fingerprint density at radius 3 is 2.63 bits per heavy atom. The minimum atomic E-state index is -1.05. The maximum atomic E-state index is 12.6. The number of halogens is 1. The number of nitrogens with one attached hydrogen (secondary N) is 2. The molecule has 1 saturated heterocycles. The summed E-state index contributed by atoms with van der Waals surface area (Å²) < 4.78 is 12.6. The van der Waals surface area contributed by atoms with Crippen LogP contribution in [0.5, 0.6) is 0 Å². The molecule has 2 atom stereocenters. The van der Waals surface area contributed by atoms with Gasteiger partial charge in [-0.1, -0.05) is 37.6 Å². The lowest BCUT2D eigenvalue weighted by Gasteiger charge is -2.29. The third-order valence-corrected chi connectivity index (χ3v) is 7.91. The molecule has 2 aliphatic heterocycles. The largest absolute Gasteiger partial charge is 0.393 e. The predicted molar refractivity (Wildman–Crippen MR) is 121 cm³/mol. The van der Waals surface area contributed by atoms with E-state index in [4.69, 9.17) is 16.6 Å². The van der Waals surface area contributed by atoms with Crippen molar-refractivity contribution in [2.24, 2.45) is 5.92 Å². The molecule has 0 saturated carbocycles. The van der Waals surface area contributed by atoms with Gasteiger partial charge in [-0.15, -0.1) is 4.98 Å². The minimum absolute atomic E-state index is 0.0249. The van der Waals surface area contributed by atoms with Gasteiger partial charge in [0, 0.05) is 17.2 Å². The van der Waals surface area contributed by atoms with Crippen molar-refractivity contribution in [3.63, 3.8) is 0 Å². The number of piperidine rings is 1. The molecule has 0 aliphatic carbocycles. The van der Waals surface area contributed by atoms with Crippen molar-refractivity contribution in [2.45, 2.75) is 50.0 Å². The Kier molecular flexibility index (Phi) is 6.60. The Hall–Kier alpha value is -1.70. The van der Waals surface area contributed by atoms with Gasteiger partial charge in [0.2, 0.25) is 5.82 Å². The molecule has 162 valence electrons. The number of aliphatic hydroxyl groups is 1. The van der Waals surface area contributed by atoms with E-state index in [1.807, 2.05) is 12.1 Å². The molecule has 1 aromatic heterocycles. The summed E-state index contributed by atoms with van der Waals surface area (Å²) in [5.74, 6) is 2.96. The first-order valence-electron chi connectivity index (χ1n) is 10.7. The smallest absolute Gasteiger partial charge is 0.347 e. The molecule has 0 radical (unpaired) electrons. The summed E-state index contributed by atoms with van der Waals surface area (Å²) >= 11 is 6.03. The van der Waals surface area contributed by atoms with E-state index in [0.29, 0.717) is 11.7 Å². The van der Waals surface area contributed by atoms with E-state index in [9.17, 15) is 9.32 Å².